The van der Waals surface area contributed by atoms with Crippen LogP contribution in [0.25, 0.3) is 6.08 Å². The SMILES string of the molecule is CN(C(Cl)=[N+](C)C)/C(Cl)=C/c1ccccc1.[Cl-]. The molecule has 0 fully saturated rings. The Morgan fingerprint density at radius 2 is 1.71 bits per heavy atom. The first kappa shape index (κ1) is 16.3. The van der Waals surface area contributed by atoms with Gasteiger partial charge in [-0.1, -0.05) is 30.3 Å². The summed E-state index contributed by atoms with van der Waals surface area (Å²) >= 11 is 12.2. The van der Waals surface area contributed by atoms with Crippen LogP contribution in [0, 0.1) is 0 Å². The van der Waals surface area contributed by atoms with E-state index in [-0.39, 0.29) is 12.4 Å². The van der Waals surface area contributed by atoms with Crippen LogP contribution in [0.2, 0.25) is 0 Å². The van der Waals surface area contributed by atoms with E-state index in [0.717, 1.165) is 5.56 Å². The van der Waals surface area contributed by atoms with Crippen molar-refractivity contribution in [3.05, 3.63) is 41.1 Å². The number of rotatable bonds is 2. The molecule has 2 nitrogen and oxygen atoms in total. The van der Waals surface area contributed by atoms with Gasteiger partial charge in [0.2, 0.25) is 0 Å². The molecule has 0 N–H and O–H groups in total. The fourth-order valence-corrected chi connectivity index (χ4v) is 1.51. The Morgan fingerprint density at radius 1 is 1.18 bits per heavy atom. The van der Waals surface area contributed by atoms with Crippen molar-refractivity contribution in [3.8, 4) is 0 Å². The zero-order chi connectivity index (χ0) is 12.1. The van der Waals surface area contributed by atoms with Crippen molar-refractivity contribution in [3.63, 3.8) is 0 Å². The average Bonchev–Trinajstić information content (AvgIpc) is 2.28. The largest absolute Gasteiger partial charge is 1.00 e. The van der Waals surface area contributed by atoms with Crippen molar-refractivity contribution >= 4 is 34.6 Å². The van der Waals surface area contributed by atoms with E-state index < -0.39 is 0 Å². The zero-order valence-electron chi connectivity index (χ0n) is 9.99. The number of amidine groups is 1. The van der Waals surface area contributed by atoms with Crippen LogP contribution in [0.1, 0.15) is 5.56 Å². The molecule has 0 heterocycles. The van der Waals surface area contributed by atoms with E-state index in [2.05, 4.69) is 0 Å². The van der Waals surface area contributed by atoms with E-state index in [9.17, 15) is 0 Å². The molecule has 0 bridgehead atoms. The fraction of sp³-hybridized carbons (Fsp3) is 0.250. The first-order valence-corrected chi connectivity index (χ1v) is 5.63. The summed E-state index contributed by atoms with van der Waals surface area (Å²) in [6, 6.07) is 9.87. The Morgan fingerprint density at radius 3 is 2.18 bits per heavy atom. The van der Waals surface area contributed by atoms with Gasteiger partial charge in [0, 0.05) is 17.7 Å². The van der Waals surface area contributed by atoms with Crippen molar-refractivity contribution in [1.29, 1.82) is 0 Å². The second-order valence-corrected chi connectivity index (χ2v) is 4.33. The highest BCUT2D eigenvalue weighted by Gasteiger charge is 2.16. The van der Waals surface area contributed by atoms with Crippen molar-refractivity contribution < 1.29 is 17.0 Å². The Balaban J connectivity index is 0.00000256. The molecule has 5 heteroatoms. The predicted molar refractivity (Wildman–Crippen MR) is 71.0 cm³/mol. The quantitative estimate of drug-likeness (QED) is 0.323. The number of halogens is 3. The van der Waals surface area contributed by atoms with Gasteiger partial charge in [-0.25, -0.2) is 4.90 Å². The van der Waals surface area contributed by atoms with Gasteiger partial charge in [-0.3, -0.25) is 4.58 Å². The van der Waals surface area contributed by atoms with Crippen LogP contribution in [0.3, 0.4) is 0 Å². The topological polar surface area (TPSA) is 6.25 Å². The smallest absolute Gasteiger partial charge is 0.350 e. The van der Waals surface area contributed by atoms with Gasteiger partial charge in [0.05, 0.1) is 21.1 Å². The first-order valence-electron chi connectivity index (χ1n) is 4.88. The van der Waals surface area contributed by atoms with E-state index in [0.29, 0.717) is 10.5 Å². The molecular formula is C12H15Cl3N2. The van der Waals surface area contributed by atoms with Crippen LogP contribution in [0.5, 0.6) is 0 Å². The summed E-state index contributed by atoms with van der Waals surface area (Å²) in [6.45, 7) is 0. The molecule has 1 rings (SSSR count). The predicted octanol–water partition coefficient (Wildman–Crippen LogP) is 0.0265. The van der Waals surface area contributed by atoms with E-state index in [1.807, 2.05) is 57.6 Å². The summed E-state index contributed by atoms with van der Waals surface area (Å²) in [6.07, 6.45) is 1.87. The molecule has 0 saturated carbocycles. The van der Waals surface area contributed by atoms with Gasteiger partial charge in [-0.2, -0.15) is 0 Å². The molecule has 0 spiro atoms. The summed E-state index contributed by atoms with van der Waals surface area (Å²) in [5.41, 5.74) is 1.04. The van der Waals surface area contributed by atoms with E-state index >= 15 is 0 Å². The van der Waals surface area contributed by atoms with Crippen LogP contribution >= 0.6 is 23.2 Å². The number of benzene rings is 1. The molecular weight excluding hydrogens is 279 g/mol. The normalized spacial score (nSPS) is 10.5. The van der Waals surface area contributed by atoms with Gasteiger partial charge in [0.25, 0.3) is 0 Å². The lowest BCUT2D eigenvalue weighted by Gasteiger charge is -2.09. The maximum absolute atomic E-state index is 6.16. The average molecular weight is 294 g/mol. The summed E-state index contributed by atoms with van der Waals surface area (Å²) in [7, 11) is 5.56. The van der Waals surface area contributed by atoms with Gasteiger partial charge in [-0.15, -0.1) is 0 Å². The highest BCUT2D eigenvalue weighted by atomic mass is 35.5. The number of hydrogen-bond acceptors (Lipinski definition) is 0. The molecule has 1 aromatic carbocycles. The number of hydrogen-bond donors (Lipinski definition) is 0. The molecule has 0 aromatic heterocycles. The van der Waals surface area contributed by atoms with Crippen LogP contribution in [0.15, 0.2) is 35.5 Å². The number of nitrogens with zero attached hydrogens (tertiary/aromatic N) is 2. The molecule has 0 aliphatic heterocycles. The molecule has 0 unspecified atom stereocenters. The van der Waals surface area contributed by atoms with Crippen molar-refractivity contribution in [2.45, 2.75) is 0 Å². The fourth-order valence-electron chi connectivity index (χ4n) is 1.17. The van der Waals surface area contributed by atoms with Crippen LogP contribution in [0.4, 0.5) is 0 Å². The lowest BCUT2D eigenvalue weighted by atomic mass is 10.2. The summed E-state index contributed by atoms with van der Waals surface area (Å²) < 4.78 is 1.79. The Bertz CT molecular complexity index is 409. The molecule has 1 aromatic rings. The maximum atomic E-state index is 6.16. The standard InChI is InChI=1S/C12H15Cl2N2.ClH/c1-15(2)12(14)16(3)11(13)9-10-7-5-4-6-8-10;/h4-9H,1-3H3;1H/q+1;/p-1/b11-9+;. The highest BCUT2D eigenvalue weighted by molar-refractivity contribution is 6.63. The van der Waals surface area contributed by atoms with Crippen molar-refractivity contribution in [2.75, 3.05) is 21.1 Å². The molecule has 94 valence electrons. The summed E-state index contributed by atoms with van der Waals surface area (Å²) in [4.78, 5) is 1.72. The molecule has 0 radical (unpaired) electrons. The van der Waals surface area contributed by atoms with Gasteiger partial charge < -0.3 is 12.4 Å². The Labute approximate surface area is 119 Å². The third-order valence-electron chi connectivity index (χ3n) is 2.05. The summed E-state index contributed by atoms with van der Waals surface area (Å²) in [5.74, 6) is 0. The van der Waals surface area contributed by atoms with Gasteiger partial charge >= 0.3 is 5.29 Å². The third kappa shape index (κ3) is 4.99. The Hall–Kier alpha value is -0.700. The highest BCUT2D eigenvalue weighted by Crippen LogP contribution is 2.14. The first-order chi connectivity index (χ1) is 7.52. The molecule has 0 aliphatic carbocycles. The van der Waals surface area contributed by atoms with E-state index in [1.54, 1.807) is 9.48 Å². The molecule has 0 atom stereocenters. The third-order valence-corrected chi connectivity index (χ3v) is 3.01. The van der Waals surface area contributed by atoms with Crippen LogP contribution in [-0.4, -0.2) is 35.9 Å². The van der Waals surface area contributed by atoms with Gasteiger partial charge in [0.15, 0.2) is 5.16 Å². The monoisotopic (exact) mass is 292 g/mol. The van der Waals surface area contributed by atoms with E-state index in [4.69, 9.17) is 23.2 Å². The molecule has 0 amide bonds. The molecule has 17 heavy (non-hydrogen) atoms. The minimum Gasteiger partial charge on any atom is -1.00 e. The lowest BCUT2D eigenvalue weighted by molar-refractivity contribution is -0.466. The van der Waals surface area contributed by atoms with Crippen molar-refractivity contribution in [1.82, 2.24) is 4.90 Å². The van der Waals surface area contributed by atoms with Crippen molar-refractivity contribution in [2.24, 2.45) is 0 Å². The molecule has 0 aliphatic rings. The minimum atomic E-state index is 0. The van der Waals surface area contributed by atoms with Crippen LogP contribution < -0.4 is 12.4 Å². The summed E-state index contributed by atoms with van der Waals surface area (Å²) in [5, 5.41) is 1.14. The lowest BCUT2D eigenvalue weighted by Crippen LogP contribution is -3.00. The Kier molecular flexibility index (Phi) is 7.28. The van der Waals surface area contributed by atoms with E-state index in [1.165, 1.54) is 0 Å². The zero-order valence-corrected chi connectivity index (χ0v) is 12.3. The van der Waals surface area contributed by atoms with Crippen LogP contribution in [-0.2, 0) is 0 Å². The molecule has 0 saturated heterocycles. The van der Waals surface area contributed by atoms with Gasteiger partial charge in [-0.05, 0) is 17.2 Å². The van der Waals surface area contributed by atoms with Gasteiger partial charge in [0.1, 0.15) is 0 Å². The second-order valence-electron chi connectivity index (χ2n) is 3.60. The maximum Gasteiger partial charge on any atom is 0.350 e. The second kappa shape index (κ2) is 7.59. The minimum absolute atomic E-state index is 0.